The summed E-state index contributed by atoms with van der Waals surface area (Å²) in [6, 6.07) is 9.14. The van der Waals surface area contributed by atoms with Crippen molar-refractivity contribution in [3.63, 3.8) is 0 Å². The molecule has 39 heavy (non-hydrogen) atoms. The third kappa shape index (κ3) is 8.06. The smallest absolute Gasteiger partial charge is 0.341 e. The molecule has 1 atom stereocenters. The minimum atomic E-state index is -1.18. The van der Waals surface area contributed by atoms with E-state index in [1.165, 1.54) is 18.3 Å². The fraction of sp³-hybridized carbons (Fsp3) is 0.240. The predicted octanol–water partition coefficient (Wildman–Crippen LogP) is 3.34. The first-order valence-corrected chi connectivity index (χ1v) is 12.6. The lowest BCUT2D eigenvalue weighted by Crippen LogP contribution is -2.45. The molecule has 1 aliphatic heterocycles. The van der Waals surface area contributed by atoms with Crippen molar-refractivity contribution in [1.29, 1.82) is 0 Å². The van der Waals surface area contributed by atoms with Gasteiger partial charge in [-0.05, 0) is 49.8 Å². The number of carbonyl (C=O) groups is 3. The molecular formula is C25H24Cl2N4O7S. The molecule has 14 heteroatoms. The van der Waals surface area contributed by atoms with Crippen LogP contribution in [0.25, 0.3) is 0 Å². The average Bonchev–Trinajstić information content (AvgIpc) is 2.86. The van der Waals surface area contributed by atoms with Crippen molar-refractivity contribution in [2.45, 2.75) is 19.9 Å². The number of hydrogen-bond donors (Lipinski definition) is 4. The van der Waals surface area contributed by atoms with E-state index in [4.69, 9.17) is 54.7 Å². The van der Waals surface area contributed by atoms with Gasteiger partial charge in [0.2, 0.25) is 0 Å². The van der Waals surface area contributed by atoms with Gasteiger partial charge in [-0.3, -0.25) is 4.79 Å². The van der Waals surface area contributed by atoms with Gasteiger partial charge < -0.3 is 30.0 Å². The number of nitrogens with one attached hydrogen (secondary N) is 3. The van der Waals surface area contributed by atoms with Gasteiger partial charge in [-0.2, -0.15) is 5.10 Å². The second-order valence-electron chi connectivity index (χ2n) is 7.91. The zero-order valence-electron chi connectivity index (χ0n) is 20.7. The van der Waals surface area contributed by atoms with Crippen molar-refractivity contribution in [2.75, 3.05) is 19.8 Å². The van der Waals surface area contributed by atoms with Gasteiger partial charge in [0.1, 0.15) is 5.75 Å². The summed E-state index contributed by atoms with van der Waals surface area (Å²) in [7, 11) is 0. The van der Waals surface area contributed by atoms with Crippen LogP contribution in [0, 0.1) is 0 Å². The van der Waals surface area contributed by atoms with E-state index in [0.29, 0.717) is 33.3 Å². The number of hydrogen-bond acceptors (Lipinski definition) is 8. The Morgan fingerprint density at radius 3 is 2.51 bits per heavy atom. The Kier molecular flexibility index (Phi) is 10.5. The van der Waals surface area contributed by atoms with Crippen molar-refractivity contribution in [3.05, 3.63) is 68.8 Å². The van der Waals surface area contributed by atoms with Crippen molar-refractivity contribution in [3.8, 4) is 11.5 Å². The monoisotopic (exact) mass is 594 g/mol. The largest absolute Gasteiger partial charge is 0.483 e. The zero-order valence-corrected chi connectivity index (χ0v) is 23.1. The number of aliphatic carboxylic acids is 1. The molecule has 1 heterocycles. The molecular weight excluding hydrogens is 571 g/mol. The number of carboxylic acid groups (broad SMARTS) is 1. The van der Waals surface area contributed by atoms with Gasteiger partial charge in [-0.15, -0.1) is 0 Å². The number of ether oxygens (including phenoxy) is 3. The molecule has 0 aliphatic carbocycles. The number of allylic oxidation sites excluding steroid dienone is 1. The maximum atomic E-state index is 12.7. The van der Waals surface area contributed by atoms with Crippen LogP contribution in [0.5, 0.6) is 11.5 Å². The number of thiocarbonyl (C=S) groups is 1. The molecule has 2 aromatic carbocycles. The first-order chi connectivity index (χ1) is 18.6. The topological polar surface area (TPSA) is 148 Å². The number of hydrazone groups is 1. The van der Waals surface area contributed by atoms with Gasteiger partial charge in [0.25, 0.3) is 5.91 Å². The van der Waals surface area contributed by atoms with Crippen molar-refractivity contribution < 1.29 is 33.7 Å². The minimum absolute atomic E-state index is 0.0223. The third-order valence-electron chi connectivity index (χ3n) is 5.12. The van der Waals surface area contributed by atoms with Crippen molar-refractivity contribution >= 4 is 64.6 Å². The lowest BCUT2D eigenvalue weighted by molar-refractivity contribution is -0.140. The molecule has 11 nitrogen and oxygen atoms in total. The highest BCUT2D eigenvalue weighted by atomic mass is 35.5. The lowest BCUT2D eigenvalue weighted by Gasteiger charge is -2.30. The SMILES string of the molecule is CCOC(=O)C1=C(C)NC(=S)N[C@@H]1c1ccccc1OCC(=O)NN=Cc1cc(Cl)c(OCC(=O)O)c(Cl)c1. The molecule has 0 radical (unpaired) electrons. The van der Waals surface area contributed by atoms with Gasteiger partial charge in [0.15, 0.2) is 24.1 Å². The van der Waals surface area contributed by atoms with Crippen LogP contribution in [-0.4, -0.2) is 54.1 Å². The number of nitrogens with zero attached hydrogens (tertiary/aromatic N) is 1. The Labute approximate surface area is 239 Å². The molecule has 0 spiro atoms. The molecule has 3 rings (SSSR count). The molecule has 0 saturated heterocycles. The van der Waals surface area contributed by atoms with E-state index in [-0.39, 0.29) is 29.0 Å². The van der Waals surface area contributed by atoms with E-state index < -0.39 is 30.5 Å². The van der Waals surface area contributed by atoms with Crippen LogP contribution in [0.1, 0.15) is 31.0 Å². The molecule has 1 amide bonds. The molecule has 4 N–H and O–H groups in total. The van der Waals surface area contributed by atoms with Gasteiger partial charge in [-0.25, -0.2) is 15.0 Å². The van der Waals surface area contributed by atoms with E-state index >= 15 is 0 Å². The van der Waals surface area contributed by atoms with Crippen LogP contribution in [-0.2, 0) is 19.1 Å². The van der Waals surface area contributed by atoms with Gasteiger partial charge in [0, 0.05) is 11.3 Å². The number of carboxylic acids is 1. The van der Waals surface area contributed by atoms with E-state index in [9.17, 15) is 14.4 Å². The summed E-state index contributed by atoms with van der Waals surface area (Å²) in [5.74, 6) is -1.88. The Morgan fingerprint density at radius 1 is 1.15 bits per heavy atom. The summed E-state index contributed by atoms with van der Waals surface area (Å²) in [5.41, 5.74) is 4.23. The Bertz CT molecular complexity index is 1330. The molecule has 2 aromatic rings. The van der Waals surface area contributed by atoms with E-state index in [0.717, 1.165) is 0 Å². The second kappa shape index (κ2) is 13.8. The molecule has 0 unspecified atom stereocenters. The number of esters is 1. The summed E-state index contributed by atoms with van der Waals surface area (Å²) in [6.07, 6.45) is 1.30. The van der Waals surface area contributed by atoms with Gasteiger partial charge in [0.05, 0.1) is 34.5 Å². The van der Waals surface area contributed by atoms with Crippen molar-refractivity contribution in [1.82, 2.24) is 16.1 Å². The molecule has 1 aliphatic rings. The second-order valence-corrected chi connectivity index (χ2v) is 9.13. The summed E-state index contributed by atoms with van der Waals surface area (Å²) < 4.78 is 16.0. The molecule has 0 bridgehead atoms. The highest BCUT2D eigenvalue weighted by molar-refractivity contribution is 7.80. The van der Waals surface area contributed by atoms with Crippen LogP contribution in [0.4, 0.5) is 0 Å². The number of halogens is 2. The third-order valence-corrected chi connectivity index (χ3v) is 5.90. The summed E-state index contributed by atoms with van der Waals surface area (Å²) in [5, 5.41) is 19.1. The number of carbonyl (C=O) groups excluding carboxylic acids is 2. The van der Waals surface area contributed by atoms with Crippen LogP contribution >= 0.6 is 35.4 Å². The predicted molar refractivity (Wildman–Crippen MR) is 148 cm³/mol. The van der Waals surface area contributed by atoms with Crippen LogP contribution in [0.2, 0.25) is 10.0 Å². The van der Waals surface area contributed by atoms with Crippen LogP contribution in [0.3, 0.4) is 0 Å². The standard InChI is InChI=1S/C25H24Cl2N4O7S/c1-3-36-24(35)21-13(2)29-25(39)30-22(21)15-6-4-5-7-18(15)37-11-19(32)31-28-10-14-8-16(26)23(17(27)9-14)38-12-20(33)34/h4-10,22H,3,11-12H2,1-2H3,(H,31,32)(H,33,34)(H2,29,30,39)/t22-/m1/s1. The Hall–Kier alpha value is -3.87. The Balaban J connectivity index is 1.67. The summed E-state index contributed by atoms with van der Waals surface area (Å²) in [4.78, 5) is 35.7. The fourth-order valence-electron chi connectivity index (χ4n) is 3.54. The fourth-order valence-corrected chi connectivity index (χ4v) is 4.42. The first kappa shape index (κ1) is 29.7. The molecule has 0 aromatic heterocycles. The van der Waals surface area contributed by atoms with E-state index in [2.05, 4.69) is 21.2 Å². The maximum Gasteiger partial charge on any atom is 0.341 e. The van der Waals surface area contributed by atoms with E-state index in [1.54, 1.807) is 38.1 Å². The molecule has 206 valence electrons. The van der Waals surface area contributed by atoms with Crippen LogP contribution in [0.15, 0.2) is 52.8 Å². The maximum absolute atomic E-state index is 12.7. The summed E-state index contributed by atoms with van der Waals surface area (Å²) in [6.45, 7) is 2.65. The quantitative estimate of drug-likeness (QED) is 0.132. The van der Waals surface area contributed by atoms with Crippen molar-refractivity contribution in [2.24, 2.45) is 5.10 Å². The highest BCUT2D eigenvalue weighted by Crippen LogP contribution is 2.34. The lowest BCUT2D eigenvalue weighted by atomic mass is 9.95. The first-order valence-electron chi connectivity index (χ1n) is 11.4. The zero-order chi connectivity index (χ0) is 28.5. The molecule has 0 fully saturated rings. The van der Waals surface area contributed by atoms with E-state index in [1.807, 2.05) is 0 Å². The average molecular weight is 595 g/mol. The number of amides is 1. The van der Waals surface area contributed by atoms with Gasteiger partial charge >= 0.3 is 11.9 Å². The van der Waals surface area contributed by atoms with Gasteiger partial charge in [-0.1, -0.05) is 41.4 Å². The highest BCUT2D eigenvalue weighted by Gasteiger charge is 2.32. The number of para-hydroxylation sites is 1. The summed E-state index contributed by atoms with van der Waals surface area (Å²) >= 11 is 17.5. The van der Waals surface area contributed by atoms with Crippen LogP contribution < -0.4 is 25.5 Å². The number of rotatable bonds is 11. The normalized spacial score (nSPS) is 14.9. The molecule has 0 saturated carbocycles. The minimum Gasteiger partial charge on any atom is -0.483 e. The Morgan fingerprint density at radius 2 is 1.85 bits per heavy atom. The number of benzene rings is 2.